The van der Waals surface area contributed by atoms with Crippen LogP contribution in [0.2, 0.25) is 5.02 Å². The van der Waals surface area contributed by atoms with E-state index in [2.05, 4.69) is 5.16 Å². The third-order valence-electron chi connectivity index (χ3n) is 3.27. The molecule has 2 rings (SSSR count). The van der Waals surface area contributed by atoms with Gasteiger partial charge in [0.2, 0.25) is 10.0 Å². The predicted molar refractivity (Wildman–Crippen MR) is 82.6 cm³/mol. The monoisotopic (exact) mass is 344 g/mol. The minimum absolute atomic E-state index is 0.0935. The Morgan fingerprint density at radius 2 is 2.05 bits per heavy atom. The normalized spacial score (nSPS) is 11.9. The Hall–Kier alpha value is -1.57. The van der Waals surface area contributed by atoms with Crippen molar-refractivity contribution >= 4 is 21.6 Å². The van der Waals surface area contributed by atoms with Crippen molar-refractivity contribution in [3.63, 3.8) is 0 Å². The fourth-order valence-corrected chi connectivity index (χ4v) is 3.82. The molecule has 6 nitrogen and oxygen atoms in total. The Morgan fingerprint density at radius 3 is 2.59 bits per heavy atom. The lowest BCUT2D eigenvalue weighted by Crippen LogP contribution is -2.27. The summed E-state index contributed by atoms with van der Waals surface area (Å²) in [5.74, 6) is 0.840. The molecular weight excluding hydrogens is 328 g/mol. The number of hydrogen-bond acceptors (Lipinski definition) is 5. The van der Waals surface area contributed by atoms with E-state index in [1.54, 1.807) is 32.0 Å². The van der Waals surface area contributed by atoms with Crippen LogP contribution in [0.5, 0.6) is 5.75 Å². The fraction of sp³-hybridized carbons (Fsp3) is 0.357. The Labute approximate surface area is 134 Å². The van der Waals surface area contributed by atoms with Crippen molar-refractivity contribution in [2.75, 3.05) is 14.2 Å². The van der Waals surface area contributed by atoms with Gasteiger partial charge in [0, 0.05) is 24.2 Å². The molecule has 1 aromatic heterocycles. The quantitative estimate of drug-likeness (QED) is 0.833. The number of hydrogen-bond donors (Lipinski definition) is 0. The van der Waals surface area contributed by atoms with Crippen molar-refractivity contribution in [1.29, 1.82) is 0 Å². The third-order valence-corrected chi connectivity index (χ3v) is 5.56. The smallest absolute Gasteiger partial charge is 0.248 e. The van der Waals surface area contributed by atoms with Crippen LogP contribution in [-0.4, -0.2) is 32.0 Å². The average molecular weight is 345 g/mol. The van der Waals surface area contributed by atoms with E-state index >= 15 is 0 Å². The number of benzene rings is 1. The predicted octanol–water partition coefficient (Wildman–Crippen LogP) is 2.77. The lowest BCUT2D eigenvalue weighted by molar-refractivity contribution is 0.388. The van der Waals surface area contributed by atoms with Crippen LogP contribution >= 0.6 is 11.6 Å². The molecule has 1 heterocycles. The molecule has 0 bridgehead atoms. The summed E-state index contributed by atoms with van der Waals surface area (Å²) in [6.07, 6.45) is 0. The Morgan fingerprint density at radius 1 is 1.36 bits per heavy atom. The third kappa shape index (κ3) is 3.11. The minimum Gasteiger partial charge on any atom is -0.496 e. The topological polar surface area (TPSA) is 72.6 Å². The van der Waals surface area contributed by atoms with Crippen molar-refractivity contribution < 1.29 is 17.7 Å². The van der Waals surface area contributed by atoms with Gasteiger partial charge in [0.05, 0.1) is 7.11 Å². The number of halogens is 1. The Bertz CT molecular complexity index is 767. The summed E-state index contributed by atoms with van der Waals surface area (Å²) < 4.78 is 36.8. The molecule has 0 atom stereocenters. The van der Waals surface area contributed by atoms with Gasteiger partial charge in [0.25, 0.3) is 0 Å². The highest BCUT2D eigenvalue weighted by molar-refractivity contribution is 7.89. The van der Waals surface area contributed by atoms with E-state index < -0.39 is 10.0 Å². The standard InChI is InChI=1S/C14H17ClN2O4S/c1-9-14(10(2)21-16-9)22(18,19)17(3)8-11-7-12(15)5-6-13(11)20-4/h5-7H,8H2,1-4H3. The van der Waals surface area contributed by atoms with E-state index in [-0.39, 0.29) is 17.2 Å². The zero-order valence-electron chi connectivity index (χ0n) is 12.8. The average Bonchev–Trinajstić information content (AvgIpc) is 2.78. The second-order valence-electron chi connectivity index (χ2n) is 4.87. The number of aromatic nitrogens is 1. The van der Waals surface area contributed by atoms with E-state index in [0.29, 0.717) is 22.0 Å². The van der Waals surface area contributed by atoms with Crippen molar-refractivity contribution in [2.45, 2.75) is 25.3 Å². The van der Waals surface area contributed by atoms with E-state index in [4.69, 9.17) is 20.9 Å². The second kappa shape index (κ2) is 6.28. The number of ether oxygens (including phenoxy) is 1. The van der Waals surface area contributed by atoms with Crippen LogP contribution in [0, 0.1) is 13.8 Å². The molecule has 0 saturated heterocycles. The second-order valence-corrected chi connectivity index (χ2v) is 7.29. The van der Waals surface area contributed by atoms with Crippen LogP contribution in [0.1, 0.15) is 17.0 Å². The molecule has 0 amide bonds. The lowest BCUT2D eigenvalue weighted by Gasteiger charge is -2.18. The maximum Gasteiger partial charge on any atom is 0.248 e. The molecule has 0 unspecified atom stereocenters. The fourth-order valence-electron chi connectivity index (χ4n) is 2.19. The van der Waals surface area contributed by atoms with E-state index in [1.807, 2.05) is 0 Å². The van der Waals surface area contributed by atoms with E-state index in [1.165, 1.54) is 18.5 Å². The van der Waals surface area contributed by atoms with E-state index in [9.17, 15) is 8.42 Å². The van der Waals surface area contributed by atoms with Gasteiger partial charge in [-0.05, 0) is 32.0 Å². The molecule has 0 aliphatic heterocycles. The molecule has 0 spiro atoms. The van der Waals surface area contributed by atoms with Gasteiger partial charge in [-0.25, -0.2) is 8.42 Å². The van der Waals surface area contributed by atoms with Crippen molar-refractivity contribution in [2.24, 2.45) is 0 Å². The first kappa shape index (κ1) is 16.8. The van der Waals surface area contributed by atoms with Crippen molar-refractivity contribution in [3.05, 3.63) is 40.2 Å². The number of rotatable bonds is 5. The molecule has 8 heteroatoms. The lowest BCUT2D eigenvalue weighted by atomic mass is 10.2. The highest BCUT2D eigenvalue weighted by Gasteiger charge is 2.29. The van der Waals surface area contributed by atoms with Crippen LogP contribution in [0.4, 0.5) is 0 Å². The summed E-state index contributed by atoms with van der Waals surface area (Å²) in [7, 11) is -0.704. The molecular formula is C14H17ClN2O4S. The zero-order chi connectivity index (χ0) is 16.5. The molecule has 22 heavy (non-hydrogen) atoms. The Balaban J connectivity index is 2.37. The number of aryl methyl sites for hydroxylation is 2. The molecule has 0 fully saturated rings. The summed E-state index contributed by atoms with van der Waals surface area (Å²) >= 11 is 5.97. The summed E-state index contributed by atoms with van der Waals surface area (Å²) in [6, 6.07) is 5.07. The molecule has 0 radical (unpaired) electrons. The SMILES string of the molecule is COc1ccc(Cl)cc1CN(C)S(=O)(=O)c1c(C)noc1C. The van der Waals surface area contributed by atoms with Gasteiger partial charge in [-0.3, -0.25) is 0 Å². The maximum atomic E-state index is 12.7. The highest BCUT2D eigenvalue weighted by atomic mass is 35.5. The van der Waals surface area contributed by atoms with Crippen LogP contribution in [0.15, 0.2) is 27.6 Å². The summed E-state index contributed by atoms with van der Waals surface area (Å²) in [6.45, 7) is 3.29. The molecule has 0 N–H and O–H groups in total. The number of methoxy groups -OCH3 is 1. The molecule has 0 aliphatic rings. The number of sulfonamides is 1. The Kier molecular flexibility index (Phi) is 4.79. The van der Waals surface area contributed by atoms with Gasteiger partial charge in [-0.15, -0.1) is 0 Å². The first-order valence-electron chi connectivity index (χ1n) is 6.49. The molecule has 120 valence electrons. The largest absolute Gasteiger partial charge is 0.496 e. The first-order valence-corrected chi connectivity index (χ1v) is 8.30. The molecule has 0 aliphatic carbocycles. The van der Waals surface area contributed by atoms with Gasteiger partial charge in [-0.2, -0.15) is 4.31 Å². The van der Waals surface area contributed by atoms with Gasteiger partial charge < -0.3 is 9.26 Å². The summed E-state index contributed by atoms with van der Waals surface area (Å²) in [4.78, 5) is 0.0935. The molecule has 1 aromatic carbocycles. The van der Waals surface area contributed by atoms with Gasteiger partial charge >= 0.3 is 0 Å². The zero-order valence-corrected chi connectivity index (χ0v) is 14.3. The van der Waals surface area contributed by atoms with Crippen molar-refractivity contribution in [1.82, 2.24) is 9.46 Å². The van der Waals surface area contributed by atoms with Gasteiger partial charge in [0.1, 0.15) is 16.3 Å². The van der Waals surface area contributed by atoms with E-state index in [0.717, 1.165) is 0 Å². The molecule has 2 aromatic rings. The van der Waals surface area contributed by atoms with Crippen LogP contribution in [0.25, 0.3) is 0 Å². The number of nitrogens with zero attached hydrogens (tertiary/aromatic N) is 2. The summed E-state index contributed by atoms with van der Waals surface area (Å²) in [5, 5.41) is 4.21. The minimum atomic E-state index is -3.71. The van der Waals surface area contributed by atoms with Crippen LogP contribution < -0.4 is 4.74 Å². The van der Waals surface area contributed by atoms with Gasteiger partial charge in [0.15, 0.2) is 5.76 Å². The molecule has 0 saturated carbocycles. The van der Waals surface area contributed by atoms with Crippen LogP contribution in [-0.2, 0) is 16.6 Å². The highest BCUT2D eigenvalue weighted by Crippen LogP contribution is 2.27. The maximum absolute atomic E-state index is 12.7. The summed E-state index contributed by atoms with van der Waals surface area (Å²) in [5.41, 5.74) is 1.01. The van der Waals surface area contributed by atoms with Gasteiger partial charge in [-0.1, -0.05) is 16.8 Å². The van der Waals surface area contributed by atoms with Crippen molar-refractivity contribution in [3.8, 4) is 5.75 Å². The first-order chi connectivity index (χ1) is 10.3. The van der Waals surface area contributed by atoms with Crippen LogP contribution in [0.3, 0.4) is 0 Å².